The van der Waals surface area contributed by atoms with E-state index in [0.29, 0.717) is 6.42 Å². The molecule has 0 unspecified atom stereocenters. The maximum atomic E-state index is 10.3. The van der Waals surface area contributed by atoms with Crippen LogP contribution in [0, 0.1) is 0 Å². The molecule has 56 valence electrons. The Morgan fingerprint density at radius 2 is 2.20 bits per heavy atom. The van der Waals surface area contributed by atoms with Gasteiger partial charge in [0.05, 0.1) is 0 Å². The van der Waals surface area contributed by atoms with Gasteiger partial charge in [0.15, 0.2) is 0 Å². The van der Waals surface area contributed by atoms with E-state index < -0.39 is 0 Å². The van der Waals surface area contributed by atoms with Crippen LogP contribution in [-0.4, -0.2) is 5.97 Å². The zero-order valence-corrected chi connectivity index (χ0v) is 8.72. The van der Waals surface area contributed by atoms with Crippen LogP contribution in [0.1, 0.15) is 34.0 Å². The van der Waals surface area contributed by atoms with Crippen molar-refractivity contribution in [2.45, 2.75) is 32.6 Å². The van der Waals surface area contributed by atoms with Gasteiger partial charge in [-0.1, -0.05) is 19.8 Å². The summed E-state index contributed by atoms with van der Waals surface area (Å²) in [7, 11) is 0. The molecule has 4 heteroatoms. The predicted molar refractivity (Wildman–Crippen MR) is 35.5 cm³/mol. The van der Waals surface area contributed by atoms with E-state index in [9.17, 15) is 4.79 Å². The predicted octanol–water partition coefficient (Wildman–Crippen LogP) is -1.90. The number of hydrogen-bond donors (Lipinski definition) is 1. The summed E-state index contributed by atoms with van der Waals surface area (Å²) in [4.78, 5) is 14.3. The molecule has 0 aliphatic carbocycles. The van der Waals surface area contributed by atoms with Crippen molar-refractivity contribution in [2.24, 2.45) is 5.90 Å². The largest absolute Gasteiger partial charge is 1.00 e. The SMILES string of the molecule is CCCCCC(=O)ON.[H-].[Na+]. The molecule has 10 heavy (non-hydrogen) atoms. The van der Waals surface area contributed by atoms with Crippen molar-refractivity contribution in [1.29, 1.82) is 0 Å². The third-order valence-corrected chi connectivity index (χ3v) is 1.12. The minimum absolute atomic E-state index is 0. The van der Waals surface area contributed by atoms with Crippen LogP contribution in [0.4, 0.5) is 0 Å². The van der Waals surface area contributed by atoms with Gasteiger partial charge in [-0.3, -0.25) is 4.79 Å². The molecule has 0 rings (SSSR count). The van der Waals surface area contributed by atoms with Crippen LogP contribution in [0.25, 0.3) is 0 Å². The van der Waals surface area contributed by atoms with E-state index in [1.54, 1.807) is 0 Å². The molecule has 0 spiro atoms. The minimum atomic E-state index is -0.316. The molecule has 0 radical (unpaired) electrons. The number of rotatable bonds is 4. The molecule has 0 aromatic heterocycles. The molecule has 0 aromatic carbocycles. The number of unbranched alkanes of at least 4 members (excludes halogenated alkanes) is 2. The molecule has 3 nitrogen and oxygen atoms in total. The summed E-state index contributed by atoms with van der Waals surface area (Å²) in [5.74, 6) is 4.29. The van der Waals surface area contributed by atoms with Gasteiger partial charge < -0.3 is 6.26 Å². The zero-order chi connectivity index (χ0) is 7.11. The summed E-state index contributed by atoms with van der Waals surface area (Å²) in [6.45, 7) is 2.08. The van der Waals surface area contributed by atoms with Crippen molar-refractivity contribution in [2.75, 3.05) is 0 Å². The molecule has 0 aliphatic rings. The van der Waals surface area contributed by atoms with Gasteiger partial charge in [0.2, 0.25) is 0 Å². The summed E-state index contributed by atoms with van der Waals surface area (Å²) in [6, 6.07) is 0. The van der Waals surface area contributed by atoms with Crippen molar-refractivity contribution in [3.63, 3.8) is 0 Å². The van der Waals surface area contributed by atoms with E-state index >= 15 is 0 Å². The van der Waals surface area contributed by atoms with Gasteiger partial charge in [0.25, 0.3) is 0 Å². The maximum absolute atomic E-state index is 10.3. The first-order valence-corrected chi connectivity index (χ1v) is 3.20. The smallest absolute Gasteiger partial charge is 1.00 e. The quantitative estimate of drug-likeness (QED) is 0.293. The topological polar surface area (TPSA) is 52.3 Å². The van der Waals surface area contributed by atoms with Crippen molar-refractivity contribution in [1.82, 2.24) is 0 Å². The Labute approximate surface area is 85.0 Å². The van der Waals surface area contributed by atoms with Crippen molar-refractivity contribution in [3.8, 4) is 0 Å². The molecule has 0 atom stereocenters. The minimum Gasteiger partial charge on any atom is -1.00 e. The monoisotopic (exact) mass is 155 g/mol. The molecule has 2 N–H and O–H groups in total. The molecule has 0 bridgehead atoms. The van der Waals surface area contributed by atoms with Crippen LogP contribution in [0.3, 0.4) is 0 Å². The van der Waals surface area contributed by atoms with Crippen LogP contribution in [0.15, 0.2) is 0 Å². The van der Waals surface area contributed by atoms with Crippen LogP contribution in [0.5, 0.6) is 0 Å². The van der Waals surface area contributed by atoms with E-state index in [-0.39, 0.29) is 37.0 Å². The van der Waals surface area contributed by atoms with E-state index in [1.165, 1.54) is 0 Å². The number of carbonyl (C=O) groups is 1. The molecule has 0 aliphatic heterocycles. The molecule has 0 heterocycles. The van der Waals surface area contributed by atoms with Gasteiger partial charge in [0.1, 0.15) is 0 Å². The second-order valence-corrected chi connectivity index (χ2v) is 1.95. The molecule has 0 fully saturated rings. The summed E-state index contributed by atoms with van der Waals surface area (Å²) in [5, 5.41) is 0. The standard InChI is InChI=1S/C6H13NO2.Na.H/c1-2-3-4-5-6(8)9-7;;/h2-5,7H2,1H3;;/q;+1;-1. The van der Waals surface area contributed by atoms with Crippen LogP contribution in [0.2, 0.25) is 0 Å². The summed E-state index contributed by atoms with van der Waals surface area (Å²) in [6.07, 6.45) is 3.50. The van der Waals surface area contributed by atoms with Gasteiger partial charge >= 0.3 is 35.5 Å². The van der Waals surface area contributed by atoms with Crippen LogP contribution in [-0.2, 0) is 9.63 Å². The number of carbonyl (C=O) groups excluding carboxylic acids is 1. The maximum Gasteiger partial charge on any atom is 1.00 e. The fourth-order valence-corrected chi connectivity index (χ4v) is 0.578. The molecular weight excluding hydrogens is 141 g/mol. The van der Waals surface area contributed by atoms with E-state index in [4.69, 9.17) is 0 Å². The van der Waals surface area contributed by atoms with Gasteiger partial charge in [-0.15, -0.1) is 0 Å². The van der Waals surface area contributed by atoms with Crippen LogP contribution >= 0.6 is 0 Å². The first-order chi connectivity index (χ1) is 4.31. The van der Waals surface area contributed by atoms with Gasteiger partial charge in [-0.05, 0) is 6.42 Å². The fourth-order valence-electron chi connectivity index (χ4n) is 0.578. The summed E-state index contributed by atoms with van der Waals surface area (Å²) >= 11 is 0. The van der Waals surface area contributed by atoms with Crippen molar-refractivity contribution < 1.29 is 40.6 Å². The average Bonchev–Trinajstić information content (AvgIpc) is 1.89. The normalized spacial score (nSPS) is 8.20. The molecular formula is C6H14NNaO2. The van der Waals surface area contributed by atoms with Crippen LogP contribution < -0.4 is 35.5 Å². The van der Waals surface area contributed by atoms with E-state index in [1.807, 2.05) is 0 Å². The molecule has 0 amide bonds. The first-order valence-electron chi connectivity index (χ1n) is 3.20. The Hall–Kier alpha value is 0.430. The number of hydrogen-bond acceptors (Lipinski definition) is 3. The third-order valence-electron chi connectivity index (χ3n) is 1.12. The third kappa shape index (κ3) is 8.43. The van der Waals surface area contributed by atoms with Crippen molar-refractivity contribution in [3.05, 3.63) is 0 Å². The van der Waals surface area contributed by atoms with Crippen molar-refractivity contribution >= 4 is 5.97 Å². The Morgan fingerprint density at radius 1 is 1.60 bits per heavy atom. The fraction of sp³-hybridized carbons (Fsp3) is 0.833. The Morgan fingerprint density at radius 3 is 2.60 bits per heavy atom. The average molecular weight is 155 g/mol. The van der Waals surface area contributed by atoms with Gasteiger partial charge in [-0.25, -0.2) is 0 Å². The summed E-state index contributed by atoms with van der Waals surface area (Å²) < 4.78 is 0. The van der Waals surface area contributed by atoms with E-state index in [0.717, 1.165) is 19.3 Å². The molecule has 0 aromatic rings. The van der Waals surface area contributed by atoms with E-state index in [2.05, 4.69) is 17.7 Å². The Kier molecular flexibility index (Phi) is 12.3. The summed E-state index contributed by atoms with van der Waals surface area (Å²) in [5.41, 5.74) is 0. The Bertz CT molecular complexity index is 92.7. The van der Waals surface area contributed by atoms with Gasteiger partial charge in [-0.2, -0.15) is 5.90 Å². The zero-order valence-electron chi connectivity index (χ0n) is 7.72. The second kappa shape index (κ2) is 9.43. The Balaban J connectivity index is -0.000000320. The molecule has 0 saturated heterocycles. The molecule has 0 saturated carbocycles. The first kappa shape index (κ1) is 13.1. The second-order valence-electron chi connectivity index (χ2n) is 1.95. The number of nitrogens with two attached hydrogens (primary N) is 1. The van der Waals surface area contributed by atoms with Gasteiger partial charge in [0, 0.05) is 6.42 Å².